The third-order valence-corrected chi connectivity index (χ3v) is 8.08. The second kappa shape index (κ2) is 7.81. The Labute approximate surface area is 190 Å². The smallest absolute Gasteiger partial charge is 0.191 e. The average Bonchev–Trinajstić information content (AvgIpc) is 3.60. The molecule has 3 aliphatic carbocycles. The van der Waals surface area contributed by atoms with Gasteiger partial charge < -0.3 is 10.4 Å². The van der Waals surface area contributed by atoms with Crippen LogP contribution in [-0.4, -0.2) is 54.3 Å². The van der Waals surface area contributed by atoms with Gasteiger partial charge in [0.1, 0.15) is 5.78 Å². The summed E-state index contributed by atoms with van der Waals surface area (Å²) in [5.74, 6) is 2.27. The van der Waals surface area contributed by atoms with Crippen LogP contribution in [-0.2, 0) is 4.79 Å². The first-order chi connectivity index (χ1) is 15.7. The third kappa shape index (κ3) is 3.29. The fraction of sp³-hybridized carbons (Fsp3) is 0.522. The normalized spacial score (nSPS) is 30.5. The second-order valence-electron chi connectivity index (χ2n) is 9.11. The number of Topliss-reactive ketones (excluding diaryl/α,β-unsaturated/α-hetero) is 1. The first-order valence-corrected chi connectivity index (χ1v) is 12.4. The minimum atomic E-state index is -0.0839. The number of carbonyl (C=O) groups excluding carboxylic acids is 1. The molecule has 0 bridgehead atoms. The molecular weight excluding hydrogens is 424 g/mol. The molecule has 32 heavy (non-hydrogen) atoms. The van der Waals surface area contributed by atoms with Gasteiger partial charge in [0.15, 0.2) is 22.1 Å². The second-order valence-corrected chi connectivity index (χ2v) is 10.2. The summed E-state index contributed by atoms with van der Waals surface area (Å²) in [6.07, 6.45) is 2.82. The molecule has 3 saturated carbocycles. The van der Waals surface area contributed by atoms with E-state index in [1.54, 1.807) is 11.8 Å². The fourth-order valence-corrected chi connectivity index (χ4v) is 5.96. The SMILES string of the molecule is CCCSc1nc(NC2CC2c2ccccc2)c2nnn(C3CC(CO)C4C(=O)C43)c2n1. The number of carbonyl (C=O) groups is 1. The molecule has 166 valence electrons. The van der Waals surface area contributed by atoms with Crippen molar-refractivity contribution in [2.45, 2.75) is 49.3 Å². The lowest BCUT2D eigenvalue weighted by Gasteiger charge is -2.15. The molecule has 3 aromatic rings. The number of hydrogen-bond acceptors (Lipinski definition) is 8. The summed E-state index contributed by atoms with van der Waals surface area (Å²) in [7, 11) is 0. The molecule has 0 spiro atoms. The number of fused-ring (bicyclic) bond motifs is 2. The Morgan fingerprint density at radius 2 is 2.03 bits per heavy atom. The van der Waals surface area contributed by atoms with Crippen molar-refractivity contribution in [1.82, 2.24) is 25.0 Å². The number of ketones is 1. The first kappa shape index (κ1) is 20.1. The van der Waals surface area contributed by atoms with Crippen LogP contribution in [0.1, 0.15) is 43.7 Å². The van der Waals surface area contributed by atoms with E-state index in [0.29, 0.717) is 28.3 Å². The number of anilines is 1. The molecule has 0 amide bonds. The van der Waals surface area contributed by atoms with E-state index in [2.05, 4.69) is 46.8 Å². The van der Waals surface area contributed by atoms with Crippen LogP contribution < -0.4 is 5.32 Å². The lowest BCUT2D eigenvalue weighted by molar-refractivity contribution is -0.113. The van der Waals surface area contributed by atoms with Gasteiger partial charge in [-0.1, -0.05) is 54.2 Å². The number of benzene rings is 1. The number of nitrogens with one attached hydrogen (secondary N) is 1. The molecule has 1 aromatic carbocycles. The van der Waals surface area contributed by atoms with Crippen LogP contribution in [0.25, 0.3) is 11.2 Å². The number of rotatable bonds is 8. The molecule has 0 saturated heterocycles. The van der Waals surface area contributed by atoms with Crippen molar-refractivity contribution in [3.05, 3.63) is 35.9 Å². The van der Waals surface area contributed by atoms with Crippen molar-refractivity contribution in [3.63, 3.8) is 0 Å². The third-order valence-electron chi connectivity index (χ3n) is 7.03. The lowest BCUT2D eigenvalue weighted by Crippen LogP contribution is -2.17. The van der Waals surface area contributed by atoms with E-state index in [9.17, 15) is 9.90 Å². The molecule has 6 rings (SSSR count). The highest BCUT2D eigenvalue weighted by Gasteiger charge is 2.63. The summed E-state index contributed by atoms with van der Waals surface area (Å²) < 4.78 is 1.82. The monoisotopic (exact) mass is 450 g/mol. The number of aliphatic hydroxyl groups is 1. The van der Waals surface area contributed by atoms with Crippen LogP contribution in [0.5, 0.6) is 0 Å². The maximum absolute atomic E-state index is 12.3. The number of thioether (sulfide) groups is 1. The Balaban J connectivity index is 1.33. The number of hydrogen-bond donors (Lipinski definition) is 2. The molecule has 2 N–H and O–H groups in total. The zero-order chi connectivity index (χ0) is 21.8. The highest BCUT2D eigenvalue weighted by molar-refractivity contribution is 7.99. The van der Waals surface area contributed by atoms with Crippen molar-refractivity contribution in [3.8, 4) is 0 Å². The van der Waals surface area contributed by atoms with Gasteiger partial charge in [-0.2, -0.15) is 0 Å². The first-order valence-electron chi connectivity index (χ1n) is 11.4. The highest BCUT2D eigenvalue weighted by Crippen LogP contribution is 2.57. The molecule has 0 radical (unpaired) electrons. The molecule has 6 unspecified atom stereocenters. The molecule has 3 fully saturated rings. The molecule has 9 heteroatoms. The molecule has 3 aliphatic rings. The molecule has 8 nitrogen and oxygen atoms in total. The fourth-order valence-electron chi connectivity index (χ4n) is 5.27. The summed E-state index contributed by atoms with van der Waals surface area (Å²) in [4.78, 5) is 21.9. The summed E-state index contributed by atoms with van der Waals surface area (Å²) in [5.41, 5.74) is 2.67. The molecular formula is C23H26N6O2S. The molecule has 2 heterocycles. The molecule has 6 atom stereocenters. The van der Waals surface area contributed by atoms with Gasteiger partial charge in [-0.05, 0) is 30.7 Å². The van der Waals surface area contributed by atoms with Crippen molar-refractivity contribution in [2.75, 3.05) is 17.7 Å². The van der Waals surface area contributed by atoms with Crippen LogP contribution in [0.2, 0.25) is 0 Å². The van der Waals surface area contributed by atoms with Gasteiger partial charge in [-0.3, -0.25) is 4.79 Å². The predicted octanol–water partition coefficient (Wildman–Crippen LogP) is 3.06. The van der Waals surface area contributed by atoms with Gasteiger partial charge in [-0.15, -0.1) is 5.10 Å². The highest BCUT2D eigenvalue weighted by atomic mass is 32.2. The topological polar surface area (TPSA) is 106 Å². The van der Waals surface area contributed by atoms with Gasteiger partial charge in [0.05, 0.1) is 12.0 Å². The maximum atomic E-state index is 12.3. The Kier molecular flexibility index (Phi) is 4.91. The standard InChI is InChI=1S/C23H26N6O2S/c1-2-8-32-23-25-21(24-15-10-14(15)12-6-4-3-5-7-12)19-22(26-23)29(28-27-19)16-9-13(11-30)17-18(16)20(17)31/h3-7,13-18,30H,2,8-11H2,1H3,(H,24,25,26). The van der Waals surface area contributed by atoms with Crippen LogP contribution in [0.15, 0.2) is 35.5 Å². The number of nitrogens with zero attached hydrogens (tertiary/aromatic N) is 5. The Hall–Kier alpha value is -2.52. The van der Waals surface area contributed by atoms with Crippen molar-refractivity contribution in [1.29, 1.82) is 0 Å². The van der Waals surface area contributed by atoms with Crippen molar-refractivity contribution >= 4 is 34.5 Å². The Morgan fingerprint density at radius 3 is 2.78 bits per heavy atom. The minimum Gasteiger partial charge on any atom is -0.396 e. The van der Waals surface area contributed by atoms with E-state index < -0.39 is 0 Å². The van der Waals surface area contributed by atoms with E-state index >= 15 is 0 Å². The van der Waals surface area contributed by atoms with Crippen LogP contribution in [0.4, 0.5) is 5.82 Å². The quantitative estimate of drug-likeness (QED) is 0.398. The summed E-state index contributed by atoms with van der Waals surface area (Å²) >= 11 is 1.63. The maximum Gasteiger partial charge on any atom is 0.191 e. The van der Waals surface area contributed by atoms with Crippen molar-refractivity contribution in [2.24, 2.45) is 17.8 Å². The number of aliphatic hydroxyl groups excluding tert-OH is 1. The van der Waals surface area contributed by atoms with E-state index in [4.69, 9.17) is 9.97 Å². The van der Waals surface area contributed by atoms with Crippen LogP contribution >= 0.6 is 11.8 Å². The molecule has 0 aliphatic heterocycles. The van der Waals surface area contributed by atoms with Gasteiger partial charge in [0.25, 0.3) is 0 Å². The zero-order valence-corrected chi connectivity index (χ0v) is 18.7. The average molecular weight is 451 g/mol. The zero-order valence-electron chi connectivity index (χ0n) is 17.9. The van der Waals surface area contributed by atoms with Gasteiger partial charge in [0, 0.05) is 30.2 Å². The van der Waals surface area contributed by atoms with E-state index in [-0.39, 0.29) is 36.2 Å². The number of aromatic nitrogens is 5. The summed E-state index contributed by atoms with van der Waals surface area (Å²) in [6.45, 7) is 2.18. The summed E-state index contributed by atoms with van der Waals surface area (Å²) in [5, 5.41) is 22.8. The Morgan fingerprint density at radius 1 is 1.19 bits per heavy atom. The predicted molar refractivity (Wildman–Crippen MR) is 122 cm³/mol. The van der Waals surface area contributed by atoms with Gasteiger partial charge in [0.2, 0.25) is 0 Å². The van der Waals surface area contributed by atoms with Gasteiger partial charge in [-0.25, -0.2) is 14.6 Å². The van der Waals surface area contributed by atoms with Crippen molar-refractivity contribution < 1.29 is 9.90 Å². The molecule has 2 aromatic heterocycles. The minimum absolute atomic E-state index is 0.0169. The van der Waals surface area contributed by atoms with Crippen LogP contribution in [0.3, 0.4) is 0 Å². The van der Waals surface area contributed by atoms with Crippen LogP contribution in [0, 0.1) is 17.8 Å². The van der Waals surface area contributed by atoms with E-state index in [1.807, 2.05) is 10.7 Å². The van der Waals surface area contributed by atoms with E-state index in [0.717, 1.165) is 30.8 Å². The van der Waals surface area contributed by atoms with E-state index in [1.165, 1.54) is 5.56 Å². The Bertz CT molecular complexity index is 1170. The summed E-state index contributed by atoms with van der Waals surface area (Å²) in [6, 6.07) is 10.8. The largest absolute Gasteiger partial charge is 0.396 e. The lowest BCUT2D eigenvalue weighted by atomic mass is 10.0. The van der Waals surface area contributed by atoms with Gasteiger partial charge >= 0.3 is 0 Å².